The van der Waals surface area contributed by atoms with Crippen molar-refractivity contribution in [3.8, 4) is 0 Å². The van der Waals surface area contributed by atoms with Gasteiger partial charge < -0.3 is 11.5 Å². The number of hydrogen-bond acceptors (Lipinski definition) is 2. The third-order valence-corrected chi connectivity index (χ3v) is 2.72. The summed E-state index contributed by atoms with van der Waals surface area (Å²) in [6.45, 7) is 4.52. The van der Waals surface area contributed by atoms with Crippen molar-refractivity contribution < 1.29 is 0 Å². The van der Waals surface area contributed by atoms with Gasteiger partial charge in [-0.1, -0.05) is 13.8 Å². The molecule has 0 heterocycles. The SMILES string of the molecule is CC1CC/C(=N/N=C(N)N)CC1C. The van der Waals surface area contributed by atoms with E-state index in [1.165, 1.54) is 6.42 Å². The molecule has 1 saturated carbocycles. The van der Waals surface area contributed by atoms with E-state index < -0.39 is 0 Å². The number of hydrogen-bond donors (Lipinski definition) is 2. The number of nitrogens with two attached hydrogens (primary N) is 2. The Morgan fingerprint density at radius 2 is 2.00 bits per heavy atom. The van der Waals surface area contributed by atoms with Crippen LogP contribution >= 0.6 is 0 Å². The van der Waals surface area contributed by atoms with Crippen LogP contribution in [-0.2, 0) is 0 Å². The highest BCUT2D eigenvalue weighted by atomic mass is 15.3. The molecule has 74 valence electrons. The smallest absolute Gasteiger partial charge is 0.211 e. The van der Waals surface area contributed by atoms with Crippen LogP contribution in [0.15, 0.2) is 10.2 Å². The Bertz CT molecular complexity index is 228. The van der Waals surface area contributed by atoms with Crippen molar-refractivity contribution in [2.45, 2.75) is 33.1 Å². The van der Waals surface area contributed by atoms with E-state index in [1.54, 1.807) is 0 Å². The Morgan fingerprint density at radius 1 is 1.31 bits per heavy atom. The highest BCUT2D eigenvalue weighted by Gasteiger charge is 2.20. The summed E-state index contributed by atoms with van der Waals surface area (Å²) >= 11 is 0. The van der Waals surface area contributed by atoms with Gasteiger partial charge in [-0.3, -0.25) is 0 Å². The van der Waals surface area contributed by atoms with Crippen LogP contribution in [0.5, 0.6) is 0 Å². The second kappa shape index (κ2) is 4.25. The van der Waals surface area contributed by atoms with E-state index in [-0.39, 0.29) is 5.96 Å². The molecule has 1 rings (SSSR count). The second-order valence-corrected chi connectivity index (χ2v) is 3.89. The van der Waals surface area contributed by atoms with Gasteiger partial charge in [0.15, 0.2) is 0 Å². The van der Waals surface area contributed by atoms with Gasteiger partial charge in [-0.2, -0.15) is 5.10 Å². The highest BCUT2D eigenvalue weighted by molar-refractivity contribution is 5.86. The lowest BCUT2D eigenvalue weighted by Gasteiger charge is -2.25. The van der Waals surface area contributed by atoms with Gasteiger partial charge in [0.1, 0.15) is 0 Å². The van der Waals surface area contributed by atoms with E-state index in [9.17, 15) is 0 Å². The van der Waals surface area contributed by atoms with Crippen molar-refractivity contribution in [2.24, 2.45) is 33.5 Å². The maximum absolute atomic E-state index is 5.19. The first-order valence-electron chi connectivity index (χ1n) is 4.74. The van der Waals surface area contributed by atoms with Gasteiger partial charge >= 0.3 is 0 Å². The fourth-order valence-corrected chi connectivity index (χ4v) is 1.57. The fourth-order valence-electron chi connectivity index (χ4n) is 1.57. The molecule has 1 fully saturated rings. The number of nitrogens with zero attached hydrogens (tertiary/aromatic N) is 2. The Morgan fingerprint density at radius 3 is 2.54 bits per heavy atom. The Labute approximate surface area is 79.1 Å². The first-order chi connectivity index (χ1) is 6.09. The highest BCUT2D eigenvalue weighted by Crippen LogP contribution is 2.27. The van der Waals surface area contributed by atoms with Gasteiger partial charge in [-0.25, -0.2) is 0 Å². The normalized spacial score (nSPS) is 31.7. The Kier molecular flexibility index (Phi) is 3.28. The molecule has 2 unspecified atom stereocenters. The van der Waals surface area contributed by atoms with Gasteiger partial charge in [0.2, 0.25) is 5.96 Å². The molecule has 0 saturated heterocycles. The van der Waals surface area contributed by atoms with Crippen LogP contribution in [0.2, 0.25) is 0 Å². The van der Waals surface area contributed by atoms with Crippen molar-refractivity contribution in [1.29, 1.82) is 0 Å². The number of guanidine groups is 1. The van der Waals surface area contributed by atoms with Crippen molar-refractivity contribution >= 4 is 11.7 Å². The van der Waals surface area contributed by atoms with Crippen LogP contribution in [0, 0.1) is 11.8 Å². The number of rotatable bonds is 1. The summed E-state index contributed by atoms with van der Waals surface area (Å²) in [4.78, 5) is 0. The predicted octanol–water partition coefficient (Wildman–Crippen LogP) is 1.07. The van der Waals surface area contributed by atoms with Crippen molar-refractivity contribution in [3.63, 3.8) is 0 Å². The molecule has 0 radical (unpaired) electrons. The van der Waals surface area contributed by atoms with Crippen LogP contribution in [0.3, 0.4) is 0 Å². The van der Waals surface area contributed by atoms with Crippen molar-refractivity contribution in [3.05, 3.63) is 0 Å². The molecular weight excluding hydrogens is 164 g/mol. The van der Waals surface area contributed by atoms with E-state index in [4.69, 9.17) is 11.5 Å². The van der Waals surface area contributed by atoms with E-state index >= 15 is 0 Å². The topological polar surface area (TPSA) is 76.8 Å². The zero-order chi connectivity index (χ0) is 9.84. The monoisotopic (exact) mass is 182 g/mol. The molecule has 0 amide bonds. The molecule has 0 aromatic heterocycles. The average Bonchev–Trinajstić information content (AvgIpc) is 2.07. The van der Waals surface area contributed by atoms with Crippen LogP contribution in [0.4, 0.5) is 0 Å². The molecule has 0 bridgehead atoms. The second-order valence-electron chi connectivity index (χ2n) is 3.89. The maximum Gasteiger partial charge on any atom is 0.211 e. The van der Waals surface area contributed by atoms with Crippen LogP contribution in [0.25, 0.3) is 0 Å². The minimum absolute atomic E-state index is 0.0405. The summed E-state index contributed by atoms with van der Waals surface area (Å²) in [6.07, 6.45) is 3.25. The first-order valence-corrected chi connectivity index (χ1v) is 4.74. The molecule has 0 aliphatic heterocycles. The third kappa shape index (κ3) is 3.05. The lowest BCUT2D eigenvalue weighted by Crippen LogP contribution is -2.23. The standard InChI is InChI=1S/C9H18N4/c1-6-3-4-8(5-7(6)2)12-13-9(10)11/h6-7H,3-5H2,1-2H3,(H4,10,11,13)/b12-8-. The lowest BCUT2D eigenvalue weighted by atomic mass is 9.81. The fraction of sp³-hybridized carbons (Fsp3) is 0.778. The molecule has 0 aromatic carbocycles. The first kappa shape index (κ1) is 10.0. The van der Waals surface area contributed by atoms with Crippen molar-refractivity contribution in [1.82, 2.24) is 0 Å². The largest absolute Gasteiger partial charge is 0.369 e. The quantitative estimate of drug-likeness (QED) is 0.361. The molecule has 0 spiro atoms. The molecular formula is C9H18N4. The summed E-state index contributed by atoms with van der Waals surface area (Å²) < 4.78 is 0. The molecule has 4 heteroatoms. The minimum Gasteiger partial charge on any atom is -0.369 e. The minimum atomic E-state index is 0.0405. The van der Waals surface area contributed by atoms with E-state index in [2.05, 4.69) is 24.1 Å². The van der Waals surface area contributed by atoms with Gasteiger partial charge in [0.25, 0.3) is 0 Å². The molecule has 13 heavy (non-hydrogen) atoms. The zero-order valence-electron chi connectivity index (χ0n) is 8.33. The Balaban J connectivity index is 2.55. The molecule has 2 atom stereocenters. The maximum atomic E-state index is 5.19. The lowest BCUT2D eigenvalue weighted by molar-refractivity contribution is 0.355. The summed E-state index contributed by atoms with van der Waals surface area (Å²) in [5.41, 5.74) is 11.5. The van der Waals surface area contributed by atoms with Gasteiger partial charge in [-0.15, -0.1) is 5.10 Å². The third-order valence-electron chi connectivity index (χ3n) is 2.72. The molecule has 1 aliphatic rings. The van der Waals surface area contributed by atoms with Gasteiger partial charge in [0, 0.05) is 5.71 Å². The van der Waals surface area contributed by atoms with Crippen LogP contribution in [0.1, 0.15) is 33.1 Å². The molecule has 1 aliphatic carbocycles. The summed E-state index contributed by atoms with van der Waals surface area (Å²) in [5.74, 6) is 1.53. The Hall–Kier alpha value is -1.06. The van der Waals surface area contributed by atoms with Crippen molar-refractivity contribution in [2.75, 3.05) is 0 Å². The average molecular weight is 182 g/mol. The summed E-state index contributed by atoms with van der Waals surface area (Å²) in [7, 11) is 0. The molecule has 4 N–H and O–H groups in total. The van der Waals surface area contributed by atoms with E-state index in [0.717, 1.165) is 24.5 Å². The molecule has 4 nitrogen and oxygen atoms in total. The predicted molar refractivity (Wildman–Crippen MR) is 55.4 cm³/mol. The van der Waals surface area contributed by atoms with E-state index in [1.807, 2.05) is 0 Å². The zero-order valence-corrected chi connectivity index (χ0v) is 8.33. The van der Waals surface area contributed by atoms with Gasteiger partial charge in [0.05, 0.1) is 0 Å². The summed E-state index contributed by atoms with van der Waals surface area (Å²) in [6, 6.07) is 0. The van der Waals surface area contributed by atoms with Crippen LogP contribution < -0.4 is 11.5 Å². The van der Waals surface area contributed by atoms with E-state index in [0.29, 0.717) is 5.92 Å². The summed E-state index contributed by atoms with van der Waals surface area (Å²) in [5, 5.41) is 7.69. The van der Waals surface area contributed by atoms with Crippen LogP contribution in [-0.4, -0.2) is 11.7 Å². The van der Waals surface area contributed by atoms with Gasteiger partial charge in [-0.05, 0) is 31.1 Å². The molecule has 0 aromatic rings.